The first-order chi connectivity index (χ1) is 9.17. The molecule has 0 bridgehead atoms. The number of carbonyl (C=O) groups excluding carboxylic acids is 1. The van der Waals surface area contributed by atoms with Gasteiger partial charge < -0.3 is 15.7 Å². The maximum atomic E-state index is 12.1. The number of nitrogens with two attached hydrogens (primary N) is 1. The third kappa shape index (κ3) is 2.26. The van der Waals surface area contributed by atoms with Crippen LogP contribution in [0, 0.1) is 5.41 Å². The van der Waals surface area contributed by atoms with E-state index in [0.29, 0.717) is 19.5 Å². The molecule has 1 heterocycles. The normalized spacial score (nSPS) is 19.7. The van der Waals surface area contributed by atoms with E-state index in [-0.39, 0.29) is 17.9 Å². The molecule has 2 aliphatic rings. The molecule has 1 fully saturated rings. The monoisotopic (exact) mass is 260 g/mol. The summed E-state index contributed by atoms with van der Waals surface area (Å²) in [5, 5.41) is 9.41. The Kier molecular flexibility index (Phi) is 3.07. The highest BCUT2D eigenvalue weighted by Gasteiger charge is 2.45. The number of rotatable bonds is 5. The second-order valence-corrected chi connectivity index (χ2v) is 5.82. The van der Waals surface area contributed by atoms with Crippen LogP contribution in [0.15, 0.2) is 18.2 Å². The largest absolute Gasteiger partial charge is 0.396 e. The molecule has 3 N–H and O–H groups in total. The van der Waals surface area contributed by atoms with Crippen molar-refractivity contribution in [3.8, 4) is 0 Å². The van der Waals surface area contributed by atoms with Crippen LogP contribution in [0.5, 0.6) is 0 Å². The third-order valence-electron chi connectivity index (χ3n) is 4.30. The van der Waals surface area contributed by atoms with E-state index in [9.17, 15) is 9.90 Å². The molecule has 1 amide bonds. The summed E-state index contributed by atoms with van der Waals surface area (Å²) in [4.78, 5) is 14.0. The van der Waals surface area contributed by atoms with Crippen molar-refractivity contribution < 1.29 is 9.90 Å². The third-order valence-corrected chi connectivity index (χ3v) is 4.30. The summed E-state index contributed by atoms with van der Waals surface area (Å²) in [5.74, 6) is 0.152. The SMILES string of the molecule is NCCc1ccc2c(c1)CC(=O)N2CC1(CO)CC1. The van der Waals surface area contributed by atoms with Crippen LogP contribution in [0.3, 0.4) is 0 Å². The molecule has 0 radical (unpaired) electrons. The molecule has 1 aliphatic heterocycles. The average Bonchev–Trinajstić information content (AvgIpc) is 3.11. The van der Waals surface area contributed by atoms with Crippen LogP contribution in [0.25, 0.3) is 0 Å². The molecule has 102 valence electrons. The van der Waals surface area contributed by atoms with E-state index in [1.54, 1.807) is 0 Å². The Hall–Kier alpha value is -1.39. The number of fused-ring (bicyclic) bond motifs is 1. The van der Waals surface area contributed by atoms with Gasteiger partial charge in [-0.3, -0.25) is 4.79 Å². The number of hydrogen-bond donors (Lipinski definition) is 2. The lowest BCUT2D eigenvalue weighted by atomic mass is 10.1. The molecule has 0 unspecified atom stereocenters. The average molecular weight is 260 g/mol. The highest BCUT2D eigenvalue weighted by atomic mass is 16.3. The predicted octanol–water partition coefficient (Wildman–Crippen LogP) is 0.849. The van der Waals surface area contributed by atoms with Crippen LogP contribution in [-0.4, -0.2) is 30.7 Å². The van der Waals surface area contributed by atoms with Gasteiger partial charge in [-0.05, 0) is 43.0 Å². The summed E-state index contributed by atoms with van der Waals surface area (Å²) >= 11 is 0. The maximum absolute atomic E-state index is 12.1. The Labute approximate surface area is 113 Å². The van der Waals surface area contributed by atoms with Crippen molar-refractivity contribution >= 4 is 11.6 Å². The molecule has 0 spiro atoms. The molecule has 3 rings (SSSR count). The minimum absolute atomic E-state index is 0.0345. The first-order valence-electron chi connectivity index (χ1n) is 6.90. The number of nitrogens with zero attached hydrogens (tertiary/aromatic N) is 1. The Morgan fingerprint density at radius 2 is 2.16 bits per heavy atom. The smallest absolute Gasteiger partial charge is 0.231 e. The van der Waals surface area contributed by atoms with E-state index in [1.807, 2.05) is 11.0 Å². The van der Waals surface area contributed by atoms with Crippen molar-refractivity contribution in [1.29, 1.82) is 0 Å². The molecular weight excluding hydrogens is 240 g/mol. The van der Waals surface area contributed by atoms with Crippen molar-refractivity contribution in [2.45, 2.75) is 25.7 Å². The number of benzene rings is 1. The van der Waals surface area contributed by atoms with Gasteiger partial charge in [-0.2, -0.15) is 0 Å². The zero-order chi connectivity index (χ0) is 13.5. The number of anilines is 1. The fraction of sp³-hybridized carbons (Fsp3) is 0.533. The molecular formula is C15H20N2O2. The van der Waals surface area contributed by atoms with E-state index in [2.05, 4.69) is 12.1 Å². The fourth-order valence-electron chi connectivity index (χ4n) is 2.81. The summed E-state index contributed by atoms with van der Waals surface area (Å²) in [6, 6.07) is 6.17. The van der Waals surface area contributed by atoms with Gasteiger partial charge in [0.25, 0.3) is 0 Å². The zero-order valence-electron chi connectivity index (χ0n) is 11.1. The van der Waals surface area contributed by atoms with Crippen molar-refractivity contribution in [3.05, 3.63) is 29.3 Å². The highest BCUT2D eigenvalue weighted by Crippen LogP contribution is 2.47. The van der Waals surface area contributed by atoms with Gasteiger partial charge in [-0.25, -0.2) is 0 Å². The van der Waals surface area contributed by atoms with Crippen LogP contribution < -0.4 is 10.6 Å². The molecule has 0 aromatic heterocycles. The van der Waals surface area contributed by atoms with Crippen molar-refractivity contribution in [2.24, 2.45) is 11.1 Å². The standard InChI is InChI=1S/C15H20N2O2/c16-6-3-11-1-2-13-12(7-11)8-14(19)17(13)9-15(10-18)4-5-15/h1-2,7,18H,3-6,8-10,16H2. The minimum Gasteiger partial charge on any atom is -0.396 e. The van der Waals surface area contributed by atoms with Crippen LogP contribution in [0.2, 0.25) is 0 Å². The van der Waals surface area contributed by atoms with E-state index in [4.69, 9.17) is 5.73 Å². The molecule has 0 atom stereocenters. The zero-order valence-corrected chi connectivity index (χ0v) is 11.1. The first-order valence-corrected chi connectivity index (χ1v) is 6.90. The number of aliphatic hydroxyl groups excluding tert-OH is 1. The molecule has 1 aromatic rings. The second-order valence-electron chi connectivity index (χ2n) is 5.82. The molecule has 1 aliphatic carbocycles. The van der Waals surface area contributed by atoms with Crippen molar-refractivity contribution in [3.63, 3.8) is 0 Å². The molecule has 1 aromatic carbocycles. The van der Waals surface area contributed by atoms with Crippen molar-refractivity contribution in [1.82, 2.24) is 0 Å². The molecule has 0 saturated heterocycles. The summed E-state index contributed by atoms with van der Waals surface area (Å²) in [5.41, 5.74) is 8.84. The Morgan fingerprint density at radius 3 is 2.79 bits per heavy atom. The lowest BCUT2D eigenvalue weighted by Crippen LogP contribution is -2.34. The molecule has 1 saturated carbocycles. The molecule has 4 heteroatoms. The van der Waals surface area contributed by atoms with Gasteiger partial charge in [0.15, 0.2) is 0 Å². The summed E-state index contributed by atoms with van der Waals surface area (Å²) in [7, 11) is 0. The summed E-state index contributed by atoms with van der Waals surface area (Å²) < 4.78 is 0. The Bertz CT molecular complexity index is 509. The predicted molar refractivity (Wildman–Crippen MR) is 74.0 cm³/mol. The number of amides is 1. The van der Waals surface area contributed by atoms with Crippen LogP contribution in [0.4, 0.5) is 5.69 Å². The highest BCUT2D eigenvalue weighted by molar-refractivity contribution is 6.01. The lowest BCUT2D eigenvalue weighted by Gasteiger charge is -2.23. The van der Waals surface area contributed by atoms with Gasteiger partial charge >= 0.3 is 0 Å². The second kappa shape index (κ2) is 4.62. The van der Waals surface area contributed by atoms with Crippen LogP contribution in [-0.2, 0) is 17.6 Å². The summed E-state index contributed by atoms with van der Waals surface area (Å²) in [6.45, 7) is 1.47. The maximum Gasteiger partial charge on any atom is 0.231 e. The van der Waals surface area contributed by atoms with Gasteiger partial charge in [-0.1, -0.05) is 12.1 Å². The van der Waals surface area contributed by atoms with Gasteiger partial charge in [0.05, 0.1) is 13.0 Å². The quantitative estimate of drug-likeness (QED) is 0.825. The fourth-order valence-corrected chi connectivity index (χ4v) is 2.81. The number of hydrogen-bond acceptors (Lipinski definition) is 3. The minimum atomic E-state index is -0.0345. The van der Waals surface area contributed by atoms with Gasteiger partial charge in [0.1, 0.15) is 0 Å². The Balaban J connectivity index is 1.83. The van der Waals surface area contributed by atoms with E-state index >= 15 is 0 Å². The van der Waals surface area contributed by atoms with E-state index < -0.39 is 0 Å². The summed E-state index contributed by atoms with van der Waals surface area (Å²) in [6.07, 6.45) is 3.37. The van der Waals surface area contributed by atoms with Crippen LogP contribution in [0.1, 0.15) is 24.0 Å². The molecule has 4 nitrogen and oxygen atoms in total. The topological polar surface area (TPSA) is 66.6 Å². The van der Waals surface area contributed by atoms with Crippen LogP contribution >= 0.6 is 0 Å². The van der Waals surface area contributed by atoms with Gasteiger partial charge in [0, 0.05) is 17.6 Å². The number of carbonyl (C=O) groups is 1. The van der Waals surface area contributed by atoms with Gasteiger partial charge in [-0.15, -0.1) is 0 Å². The van der Waals surface area contributed by atoms with E-state index in [1.165, 1.54) is 5.56 Å². The lowest BCUT2D eigenvalue weighted by molar-refractivity contribution is -0.117. The van der Waals surface area contributed by atoms with E-state index in [0.717, 1.165) is 30.5 Å². The Morgan fingerprint density at radius 1 is 1.37 bits per heavy atom. The van der Waals surface area contributed by atoms with Crippen molar-refractivity contribution in [2.75, 3.05) is 24.6 Å². The van der Waals surface area contributed by atoms with Gasteiger partial charge in [0.2, 0.25) is 5.91 Å². The molecule has 19 heavy (non-hydrogen) atoms. The number of aliphatic hydroxyl groups is 1. The first kappa shape index (κ1) is 12.6.